The van der Waals surface area contributed by atoms with Crippen LogP contribution in [0, 0.1) is 0 Å². The molecule has 3 rings (SSSR count). The van der Waals surface area contributed by atoms with Gasteiger partial charge in [-0.15, -0.1) is 11.8 Å². The lowest BCUT2D eigenvalue weighted by Crippen LogP contribution is -2.28. The van der Waals surface area contributed by atoms with Gasteiger partial charge in [0.1, 0.15) is 5.75 Å². The summed E-state index contributed by atoms with van der Waals surface area (Å²) in [7, 11) is 3.36. The molecule has 0 bridgehead atoms. The van der Waals surface area contributed by atoms with Gasteiger partial charge in [-0.05, 0) is 43.3 Å². The molecule has 5 nitrogen and oxygen atoms in total. The molecular formula is C19H19BrN2O3S. The predicted octanol–water partition coefficient (Wildman–Crippen LogP) is 4.16. The lowest BCUT2D eigenvalue weighted by molar-refractivity contribution is -0.115. The number of amides is 2. The zero-order valence-electron chi connectivity index (χ0n) is 14.7. The van der Waals surface area contributed by atoms with E-state index in [0.29, 0.717) is 17.8 Å². The average Bonchev–Trinajstić information content (AvgIpc) is 2.62. The number of ether oxygens (including phenoxy) is 1. The van der Waals surface area contributed by atoms with Gasteiger partial charge in [0.05, 0.1) is 18.0 Å². The molecule has 1 aliphatic heterocycles. The molecule has 26 heavy (non-hydrogen) atoms. The predicted molar refractivity (Wildman–Crippen MR) is 107 cm³/mol. The van der Waals surface area contributed by atoms with E-state index in [9.17, 15) is 9.59 Å². The zero-order chi connectivity index (χ0) is 18.8. The summed E-state index contributed by atoms with van der Waals surface area (Å²) in [4.78, 5) is 27.3. The summed E-state index contributed by atoms with van der Waals surface area (Å²) in [5.74, 6) is 0.572. The molecule has 0 aliphatic carbocycles. The number of carbonyl (C=O) groups excluding carboxylic acids is 2. The third kappa shape index (κ3) is 3.88. The SMILES string of the molecule is COc1ccc(Br)cc1CN(C)C(=O)c1ccc2c(c1)NC(=O)C(C)S2. The van der Waals surface area contributed by atoms with Crippen molar-refractivity contribution in [2.45, 2.75) is 23.6 Å². The van der Waals surface area contributed by atoms with Gasteiger partial charge in [0.25, 0.3) is 5.91 Å². The summed E-state index contributed by atoms with van der Waals surface area (Å²) in [6, 6.07) is 11.1. The fourth-order valence-electron chi connectivity index (χ4n) is 2.76. The van der Waals surface area contributed by atoms with E-state index in [0.717, 1.165) is 20.7 Å². The summed E-state index contributed by atoms with van der Waals surface area (Å²) >= 11 is 4.95. The number of hydrogen-bond acceptors (Lipinski definition) is 4. The maximum absolute atomic E-state index is 12.8. The highest BCUT2D eigenvalue weighted by Crippen LogP contribution is 2.36. The van der Waals surface area contributed by atoms with Crippen molar-refractivity contribution in [3.63, 3.8) is 0 Å². The number of thioether (sulfide) groups is 1. The zero-order valence-corrected chi connectivity index (χ0v) is 17.1. The van der Waals surface area contributed by atoms with Gasteiger partial charge in [-0.3, -0.25) is 9.59 Å². The van der Waals surface area contributed by atoms with E-state index in [1.807, 2.05) is 31.2 Å². The van der Waals surface area contributed by atoms with Gasteiger partial charge < -0.3 is 15.0 Å². The van der Waals surface area contributed by atoms with Gasteiger partial charge in [-0.25, -0.2) is 0 Å². The fourth-order valence-corrected chi connectivity index (χ4v) is 4.10. The molecule has 0 saturated heterocycles. The third-order valence-corrected chi connectivity index (χ3v) is 5.82. The van der Waals surface area contributed by atoms with Crippen LogP contribution < -0.4 is 10.1 Å². The Morgan fingerprint density at radius 3 is 2.81 bits per heavy atom. The summed E-state index contributed by atoms with van der Waals surface area (Å²) in [6.07, 6.45) is 0. The first-order chi connectivity index (χ1) is 12.4. The molecule has 1 unspecified atom stereocenters. The van der Waals surface area contributed by atoms with Gasteiger partial charge in [0, 0.05) is 34.1 Å². The van der Waals surface area contributed by atoms with E-state index in [2.05, 4.69) is 21.2 Å². The number of rotatable bonds is 4. The number of anilines is 1. The molecular weight excluding hydrogens is 416 g/mol. The summed E-state index contributed by atoms with van der Waals surface area (Å²) < 4.78 is 6.30. The van der Waals surface area contributed by atoms with Crippen LogP contribution in [-0.2, 0) is 11.3 Å². The van der Waals surface area contributed by atoms with Crippen LogP contribution >= 0.6 is 27.7 Å². The molecule has 1 heterocycles. The maximum Gasteiger partial charge on any atom is 0.253 e. The van der Waals surface area contributed by atoms with Crippen LogP contribution in [0.4, 0.5) is 5.69 Å². The van der Waals surface area contributed by atoms with Gasteiger partial charge >= 0.3 is 0 Å². The smallest absolute Gasteiger partial charge is 0.253 e. The Bertz CT molecular complexity index is 872. The molecule has 0 radical (unpaired) electrons. The number of nitrogens with one attached hydrogen (secondary N) is 1. The molecule has 0 fully saturated rings. The second-order valence-electron chi connectivity index (χ2n) is 6.08. The highest BCUT2D eigenvalue weighted by atomic mass is 79.9. The molecule has 0 saturated carbocycles. The minimum Gasteiger partial charge on any atom is -0.496 e. The first-order valence-corrected chi connectivity index (χ1v) is 9.75. The maximum atomic E-state index is 12.8. The van der Waals surface area contributed by atoms with Crippen molar-refractivity contribution in [1.82, 2.24) is 4.90 Å². The highest BCUT2D eigenvalue weighted by Gasteiger charge is 2.24. The van der Waals surface area contributed by atoms with Crippen molar-refractivity contribution in [3.05, 3.63) is 52.0 Å². The number of benzene rings is 2. The minimum atomic E-state index is -0.129. The Labute approximate surface area is 165 Å². The standard InChI is InChI=1S/C19H19BrN2O3S/c1-11-18(23)21-15-9-12(4-7-17(15)26-11)19(24)22(2)10-13-8-14(20)5-6-16(13)25-3/h4-9,11H,10H2,1-3H3,(H,21,23). The van der Waals surface area contributed by atoms with Crippen LogP contribution in [0.5, 0.6) is 5.75 Å². The Kier molecular flexibility index (Phi) is 5.58. The molecule has 136 valence electrons. The molecule has 1 aliphatic rings. The van der Waals surface area contributed by atoms with Gasteiger partial charge in [-0.1, -0.05) is 15.9 Å². The second kappa shape index (κ2) is 7.72. The number of nitrogens with zero attached hydrogens (tertiary/aromatic N) is 1. The summed E-state index contributed by atoms with van der Waals surface area (Å²) in [5.41, 5.74) is 2.14. The van der Waals surface area contributed by atoms with Gasteiger partial charge in [0.2, 0.25) is 5.91 Å². The topological polar surface area (TPSA) is 58.6 Å². The molecule has 2 aromatic rings. The molecule has 2 amide bonds. The average molecular weight is 435 g/mol. The Morgan fingerprint density at radius 2 is 2.08 bits per heavy atom. The Balaban J connectivity index is 1.80. The largest absolute Gasteiger partial charge is 0.496 e. The van der Waals surface area contributed by atoms with Crippen molar-refractivity contribution in [2.24, 2.45) is 0 Å². The van der Waals surface area contributed by atoms with Crippen LogP contribution in [0.15, 0.2) is 45.8 Å². The van der Waals surface area contributed by atoms with Crippen LogP contribution in [-0.4, -0.2) is 36.1 Å². The second-order valence-corrected chi connectivity index (χ2v) is 8.38. The first kappa shape index (κ1) is 18.8. The van der Waals surface area contributed by atoms with E-state index in [1.54, 1.807) is 31.2 Å². The Morgan fingerprint density at radius 1 is 1.31 bits per heavy atom. The van der Waals surface area contributed by atoms with E-state index < -0.39 is 0 Å². The first-order valence-electron chi connectivity index (χ1n) is 8.08. The molecule has 2 aromatic carbocycles. The lowest BCUT2D eigenvalue weighted by Gasteiger charge is -2.23. The molecule has 1 N–H and O–H groups in total. The van der Waals surface area contributed by atoms with Crippen molar-refractivity contribution in [3.8, 4) is 5.75 Å². The van der Waals surface area contributed by atoms with Crippen molar-refractivity contribution < 1.29 is 14.3 Å². The fraction of sp³-hybridized carbons (Fsp3) is 0.263. The number of hydrogen-bond donors (Lipinski definition) is 1. The normalized spacial score (nSPS) is 15.8. The Hall–Kier alpha value is -1.99. The number of methoxy groups -OCH3 is 1. The van der Waals surface area contributed by atoms with Gasteiger partial charge in [0.15, 0.2) is 0 Å². The molecule has 0 aromatic heterocycles. The number of fused-ring (bicyclic) bond motifs is 1. The van der Waals surface area contributed by atoms with E-state index in [-0.39, 0.29) is 17.1 Å². The number of halogens is 1. The van der Waals surface area contributed by atoms with Crippen molar-refractivity contribution >= 4 is 45.2 Å². The van der Waals surface area contributed by atoms with Crippen LogP contribution in [0.3, 0.4) is 0 Å². The molecule has 7 heteroatoms. The van der Waals surface area contributed by atoms with E-state index in [1.165, 1.54) is 11.8 Å². The van der Waals surface area contributed by atoms with Crippen molar-refractivity contribution in [1.29, 1.82) is 0 Å². The van der Waals surface area contributed by atoms with E-state index in [4.69, 9.17) is 4.74 Å². The number of carbonyl (C=O) groups is 2. The lowest BCUT2D eigenvalue weighted by atomic mass is 10.1. The van der Waals surface area contributed by atoms with E-state index >= 15 is 0 Å². The molecule has 0 spiro atoms. The monoisotopic (exact) mass is 434 g/mol. The van der Waals surface area contributed by atoms with Crippen LogP contribution in [0.25, 0.3) is 0 Å². The quantitative estimate of drug-likeness (QED) is 0.784. The van der Waals surface area contributed by atoms with Crippen LogP contribution in [0.1, 0.15) is 22.8 Å². The summed E-state index contributed by atoms with van der Waals surface area (Å²) in [5, 5.41) is 2.73. The van der Waals surface area contributed by atoms with Gasteiger partial charge in [-0.2, -0.15) is 0 Å². The molecule has 1 atom stereocenters. The van der Waals surface area contributed by atoms with Crippen molar-refractivity contribution in [2.75, 3.05) is 19.5 Å². The third-order valence-electron chi connectivity index (χ3n) is 4.15. The minimum absolute atomic E-state index is 0.0423. The summed E-state index contributed by atoms with van der Waals surface area (Å²) in [6.45, 7) is 2.28. The van der Waals surface area contributed by atoms with Crippen LogP contribution in [0.2, 0.25) is 0 Å². The highest BCUT2D eigenvalue weighted by molar-refractivity contribution is 9.10.